The molecule has 0 radical (unpaired) electrons. The number of piperidine rings is 1. The minimum atomic E-state index is -0.486. The number of carbonyl (C=O) groups is 2. The Morgan fingerprint density at radius 1 is 1.00 bits per heavy atom. The molecule has 1 saturated heterocycles. The van der Waals surface area contributed by atoms with E-state index in [-0.39, 0.29) is 23.7 Å². The highest BCUT2D eigenvalue weighted by atomic mass is 16.6. The van der Waals surface area contributed by atoms with Crippen LogP contribution in [-0.2, 0) is 0 Å². The molecule has 1 heterocycles. The Morgan fingerprint density at radius 2 is 1.63 bits per heavy atom. The van der Waals surface area contributed by atoms with Crippen LogP contribution in [0.4, 0.5) is 16.2 Å². The minimum Gasteiger partial charge on any atom is -0.349 e. The lowest BCUT2D eigenvalue weighted by atomic mass is 10.0. The zero-order valence-corrected chi connectivity index (χ0v) is 14.6. The Labute approximate surface area is 156 Å². The van der Waals surface area contributed by atoms with Gasteiger partial charge in [0, 0.05) is 42.5 Å². The van der Waals surface area contributed by atoms with Crippen molar-refractivity contribution in [2.75, 3.05) is 18.4 Å². The molecule has 3 rings (SSSR count). The first-order valence-electron chi connectivity index (χ1n) is 8.69. The summed E-state index contributed by atoms with van der Waals surface area (Å²) in [5.74, 6) is -0.107. The summed E-state index contributed by atoms with van der Waals surface area (Å²) in [5, 5.41) is 16.4. The van der Waals surface area contributed by atoms with Crippen LogP contribution in [0.3, 0.4) is 0 Å². The maximum absolute atomic E-state index is 12.3. The molecule has 3 amide bonds. The molecule has 27 heavy (non-hydrogen) atoms. The van der Waals surface area contributed by atoms with E-state index in [0.29, 0.717) is 37.2 Å². The Bertz CT molecular complexity index is 815. The summed E-state index contributed by atoms with van der Waals surface area (Å²) in [6.07, 6.45) is 1.35. The highest BCUT2D eigenvalue weighted by Crippen LogP contribution is 2.17. The summed E-state index contributed by atoms with van der Waals surface area (Å²) < 4.78 is 0. The van der Waals surface area contributed by atoms with Gasteiger partial charge in [0.2, 0.25) is 0 Å². The smallest absolute Gasteiger partial charge is 0.321 e. The third-order valence-electron chi connectivity index (χ3n) is 4.48. The number of amides is 3. The van der Waals surface area contributed by atoms with E-state index in [2.05, 4.69) is 10.6 Å². The maximum Gasteiger partial charge on any atom is 0.321 e. The predicted molar refractivity (Wildman–Crippen MR) is 101 cm³/mol. The molecule has 1 aliphatic rings. The first-order chi connectivity index (χ1) is 13.0. The van der Waals surface area contributed by atoms with Crippen molar-refractivity contribution in [3.8, 4) is 0 Å². The number of carbonyl (C=O) groups excluding carboxylic acids is 2. The molecule has 0 aliphatic carbocycles. The van der Waals surface area contributed by atoms with Crippen molar-refractivity contribution in [2.45, 2.75) is 18.9 Å². The van der Waals surface area contributed by atoms with Crippen LogP contribution in [0, 0.1) is 10.1 Å². The fourth-order valence-corrected chi connectivity index (χ4v) is 2.95. The summed E-state index contributed by atoms with van der Waals surface area (Å²) in [7, 11) is 0. The Balaban J connectivity index is 1.47. The lowest BCUT2D eigenvalue weighted by Gasteiger charge is -2.32. The van der Waals surface area contributed by atoms with E-state index in [1.807, 2.05) is 18.2 Å². The Morgan fingerprint density at radius 3 is 2.22 bits per heavy atom. The van der Waals surface area contributed by atoms with Crippen molar-refractivity contribution < 1.29 is 14.5 Å². The monoisotopic (exact) mass is 368 g/mol. The molecule has 0 spiro atoms. The number of anilines is 1. The number of urea groups is 1. The van der Waals surface area contributed by atoms with Gasteiger partial charge in [-0.25, -0.2) is 4.79 Å². The second-order valence-corrected chi connectivity index (χ2v) is 6.33. The zero-order chi connectivity index (χ0) is 19.2. The molecule has 0 bridgehead atoms. The van der Waals surface area contributed by atoms with Crippen LogP contribution in [-0.4, -0.2) is 40.9 Å². The first-order valence-corrected chi connectivity index (χ1v) is 8.69. The lowest BCUT2D eigenvalue weighted by molar-refractivity contribution is -0.384. The molecule has 0 aromatic heterocycles. The van der Waals surface area contributed by atoms with E-state index in [4.69, 9.17) is 0 Å². The van der Waals surface area contributed by atoms with E-state index in [0.717, 1.165) is 0 Å². The second kappa shape index (κ2) is 8.31. The molecule has 0 atom stereocenters. The average molecular weight is 368 g/mol. The van der Waals surface area contributed by atoms with Gasteiger partial charge in [0.05, 0.1) is 4.92 Å². The number of nitro benzene ring substituents is 1. The van der Waals surface area contributed by atoms with Crippen LogP contribution in [0.5, 0.6) is 0 Å². The van der Waals surface area contributed by atoms with Crippen molar-refractivity contribution in [1.29, 1.82) is 0 Å². The molecule has 0 unspecified atom stereocenters. The largest absolute Gasteiger partial charge is 0.349 e. The molecule has 1 aliphatic heterocycles. The van der Waals surface area contributed by atoms with Gasteiger partial charge in [-0.05, 0) is 37.1 Å². The summed E-state index contributed by atoms with van der Waals surface area (Å²) in [4.78, 5) is 36.4. The summed E-state index contributed by atoms with van der Waals surface area (Å²) in [5.41, 5.74) is 1.10. The molecule has 2 aromatic rings. The normalized spacial score (nSPS) is 14.4. The molecule has 140 valence electrons. The van der Waals surface area contributed by atoms with Crippen molar-refractivity contribution in [2.24, 2.45) is 0 Å². The first kappa shape index (κ1) is 18.4. The highest BCUT2D eigenvalue weighted by Gasteiger charge is 2.24. The molecule has 0 saturated carbocycles. The minimum absolute atomic E-state index is 0.0250. The van der Waals surface area contributed by atoms with Crippen LogP contribution in [0.2, 0.25) is 0 Å². The number of benzene rings is 2. The number of likely N-dealkylation sites (tertiary alicyclic amines) is 1. The topological polar surface area (TPSA) is 105 Å². The van der Waals surface area contributed by atoms with Crippen LogP contribution in [0.25, 0.3) is 0 Å². The van der Waals surface area contributed by atoms with Crippen molar-refractivity contribution in [3.05, 3.63) is 70.3 Å². The van der Waals surface area contributed by atoms with Gasteiger partial charge in [-0.15, -0.1) is 0 Å². The van der Waals surface area contributed by atoms with E-state index in [1.165, 1.54) is 24.3 Å². The molecule has 2 aromatic carbocycles. The fourth-order valence-electron chi connectivity index (χ4n) is 2.95. The number of nitro groups is 1. The average Bonchev–Trinajstić information content (AvgIpc) is 2.69. The summed E-state index contributed by atoms with van der Waals surface area (Å²) in [6.45, 7) is 1.05. The van der Waals surface area contributed by atoms with Gasteiger partial charge in [-0.1, -0.05) is 18.2 Å². The Kier molecular flexibility index (Phi) is 5.65. The van der Waals surface area contributed by atoms with Crippen molar-refractivity contribution in [1.82, 2.24) is 10.2 Å². The van der Waals surface area contributed by atoms with Crippen LogP contribution >= 0.6 is 0 Å². The summed E-state index contributed by atoms with van der Waals surface area (Å²) in [6, 6.07) is 14.5. The maximum atomic E-state index is 12.3. The van der Waals surface area contributed by atoms with Crippen LogP contribution in [0.1, 0.15) is 23.2 Å². The third kappa shape index (κ3) is 4.81. The highest BCUT2D eigenvalue weighted by molar-refractivity contribution is 5.94. The molecule has 8 heteroatoms. The number of hydrogen-bond acceptors (Lipinski definition) is 4. The number of hydrogen-bond donors (Lipinski definition) is 2. The SMILES string of the molecule is O=C(NC1CCN(C(=O)Nc2ccc([N+](=O)[O-])cc2)CC1)c1ccccc1. The molecule has 1 fully saturated rings. The van der Waals surface area contributed by atoms with Gasteiger partial charge in [0.1, 0.15) is 0 Å². The van der Waals surface area contributed by atoms with Gasteiger partial charge in [-0.2, -0.15) is 0 Å². The number of rotatable bonds is 4. The second-order valence-electron chi connectivity index (χ2n) is 6.33. The van der Waals surface area contributed by atoms with Crippen LogP contribution in [0.15, 0.2) is 54.6 Å². The summed E-state index contributed by atoms with van der Waals surface area (Å²) >= 11 is 0. The van der Waals surface area contributed by atoms with Gasteiger partial charge < -0.3 is 15.5 Å². The molecular weight excluding hydrogens is 348 g/mol. The third-order valence-corrected chi connectivity index (χ3v) is 4.48. The molecular formula is C19H20N4O4. The van der Waals surface area contributed by atoms with Gasteiger partial charge in [-0.3, -0.25) is 14.9 Å². The predicted octanol–water partition coefficient (Wildman–Crippen LogP) is 3.02. The standard InChI is InChI=1S/C19H20N4O4/c24-18(14-4-2-1-3-5-14)20-16-10-12-22(13-11-16)19(25)21-15-6-8-17(9-7-15)23(26)27/h1-9,16H,10-13H2,(H,20,24)(H,21,25). The number of nitrogens with zero attached hydrogens (tertiary/aromatic N) is 2. The Hall–Kier alpha value is -3.42. The van der Waals surface area contributed by atoms with Crippen LogP contribution < -0.4 is 10.6 Å². The van der Waals surface area contributed by atoms with E-state index < -0.39 is 4.92 Å². The van der Waals surface area contributed by atoms with Crippen molar-refractivity contribution >= 4 is 23.3 Å². The van der Waals surface area contributed by atoms with Gasteiger partial charge >= 0.3 is 6.03 Å². The van der Waals surface area contributed by atoms with E-state index in [9.17, 15) is 19.7 Å². The molecule has 2 N–H and O–H groups in total. The van der Waals surface area contributed by atoms with E-state index >= 15 is 0 Å². The number of non-ortho nitro benzene ring substituents is 1. The zero-order valence-electron chi connectivity index (χ0n) is 14.6. The fraction of sp³-hybridized carbons (Fsp3) is 0.263. The lowest BCUT2D eigenvalue weighted by Crippen LogP contribution is -2.47. The van der Waals surface area contributed by atoms with Gasteiger partial charge in [0.15, 0.2) is 0 Å². The molecule has 8 nitrogen and oxygen atoms in total. The quantitative estimate of drug-likeness (QED) is 0.639. The van der Waals surface area contributed by atoms with Gasteiger partial charge in [0.25, 0.3) is 11.6 Å². The van der Waals surface area contributed by atoms with E-state index in [1.54, 1.807) is 17.0 Å². The number of nitrogens with one attached hydrogen (secondary N) is 2. The van der Waals surface area contributed by atoms with Crippen molar-refractivity contribution in [3.63, 3.8) is 0 Å².